The quantitative estimate of drug-likeness (QED) is 0.751. The van der Waals surface area contributed by atoms with Gasteiger partial charge < -0.3 is 10.6 Å². The first-order chi connectivity index (χ1) is 8.61. The summed E-state index contributed by atoms with van der Waals surface area (Å²) in [5.74, 6) is 1.82. The molecule has 1 heterocycles. The van der Waals surface area contributed by atoms with Crippen molar-refractivity contribution < 1.29 is 0 Å². The molecule has 0 aromatic heterocycles. The number of likely N-dealkylation sites (tertiary alicyclic amines) is 1. The molecule has 1 aliphatic heterocycles. The van der Waals surface area contributed by atoms with Crippen molar-refractivity contribution in [3.63, 3.8) is 0 Å². The predicted octanol–water partition coefficient (Wildman–Crippen LogP) is 3.65. The molecule has 0 aromatic rings. The van der Waals surface area contributed by atoms with Crippen molar-refractivity contribution in [2.75, 3.05) is 19.6 Å². The van der Waals surface area contributed by atoms with Crippen LogP contribution < -0.4 is 5.73 Å². The van der Waals surface area contributed by atoms with Crippen LogP contribution in [-0.4, -0.2) is 30.6 Å². The molecular formula is C16H34N2. The lowest BCUT2D eigenvalue weighted by Crippen LogP contribution is -2.30. The Morgan fingerprint density at radius 2 is 1.94 bits per heavy atom. The summed E-state index contributed by atoms with van der Waals surface area (Å²) in [6, 6.07) is 0.376. The summed E-state index contributed by atoms with van der Waals surface area (Å²) in [6.07, 6.45) is 9.47. The van der Waals surface area contributed by atoms with Crippen LogP contribution in [0.1, 0.15) is 65.7 Å². The van der Waals surface area contributed by atoms with Crippen molar-refractivity contribution in [1.29, 1.82) is 0 Å². The molecule has 0 bridgehead atoms. The normalized spacial score (nSPS) is 25.7. The molecule has 2 heteroatoms. The Balaban J connectivity index is 2.16. The molecule has 0 spiro atoms. The van der Waals surface area contributed by atoms with Crippen LogP contribution >= 0.6 is 0 Å². The van der Waals surface area contributed by atoms with E-state index in [0.717, 1.165) is 11.8 Å². The van der Waals surface area contributed by atoms with Crippen molar-refractivity contribution >= 4 is 0 Å². The average molecular weight is 254 g/mol. The highest BCUT2D eigenvalue weighted by Gasteiger charge is 2.17. The van der Waals surface area contributed by atoms with Crippen LogP contribution in [0.3, 0.4) is 0 Å². The second-order valence-corrected chi connectivity index (χ2v) is 6.52. The van der Waals surface area contributed by atoms with Gasteiger partial charge in [0.2, 0.25) is 0 Å². The fourth-order valence-corrected chi connectivity index (χ4v) is 3.14. The Kier molecular flexibility index (Phi) is 7.92. The maximum absolute atomic E-state index is 5.80. The molecule has 2 nitrogen and oxygen atoms in total. The predicted molar refractivity (Wildman–Crippen MR) is 80.7 cm³/mol. The average Bonchev–Trinajstić information content (AvgIpc) is 2.53. The molecule has 0 saturated carbocycles. The van der Waals surface area contributed by atoms with E-state index in [0.29, 0.717) is 6.04 Å². The van der Waals surface area contributed by atoms with Gasteiger partial charge in [0.1, 0.15) is 0 Å². The highest BCUT2D eigenvalue weighted by Crippen LogP contribution is 2.21. The van der Waals surface area contributed by atoms with Gasteiger partial charge in [-0.2, -0.15) is 0 Å². The van der Waals surface area contributed by atoms with Crippen LogP contribution in [0.5, 0.6) is 0 Å². The summed E-state index contributed by atoms with van der Waals surface area (Å²) in [5, 5.41) is 0. The molecule has 0 aliphatic carbocycles. The largest absolute Gasteiger partial charge is 0.328 e. The second kappa shape index (κ2) is 8.92. The van der Waals surface area contributed by atoms with Gasteiger partial charge in [-0.05, 0) is 64.0 Å². The molecule has 108 valence electrons. The first-order valence-corrected chi connectivity index (χ1v) is 8.09. The summed E-state index contributed by atoms with van der Waals surface area (Å²) in [4.78, 5) is 2.70. The highest BCUT2D eigenvalue weighted by atomic mass is 15.1. The van der Waals surface area contributed by atoms with Gasteiger partial charge in [-0.15, -0.1) is 0 Å². The van der Waals surface area contributed by atoms with Gasteiger partial charge in [0.15, 0.2) is 0 Å². The standard InChI is InChI=1S/C16H34N2/c1-4-16-9-6-11-18(12-10-16)13-14(2)7-5-8-15(3)17/h14-16H,4-13,17H2,1-3H3. The van der Waals surface area contributed by atoms with Crippen LogP contribution in [0, 0.1) is 11.8 Å². The van der Waals surface area contributed by atoms with Gasteiger partial charge in [0, 0.05) is 12.6 Å². The molecular weight excluding hydrogens is 220 g/mol. The van der Waals surface area contributed by atoms with E-state index in [1.165, 1.54) is 64.6 Å². The van der Waals surface area contributed by atoms with E-state index in [1.807, 2.05) is 0 Å². The van der Waals surface area contributed by atoms with E-state index in [4.69, 9.17) is 5.73 Å². The van der Waals surface area contributed by atoms with Gasteiger partial charge in [0.05, 0.1) is 0 Å². The number of nitrogens with zero attached hydrogens (tertiary/aromatic N) is 1. The minimum absolute atomic E-state index is 0.376. The van der Waals surface area contributed by atoms with E-state index in [1.54, 1.807) is 0 Å². The van der Waals surface area contributed by atoms with Crippen LogP contribution in [0.4, 0.5) is 0 Å². The van der Waals surface area contributed by atoms with Gasteiger partial charge in [0.25, 0.3) is 0 Å². The van der Waals surface area contributed by atoms with E-state index in [9.17, 15) is 0 Å². The summed E-state index contributed by atoms with van der Waals surface area (Å²) in [7, 11) is 0. The fourth-order valence-electron chi connectivity index (χ4n) is 3.14. The molecule has 3 atom stereocenters. The van der Waals surface area contributed by atoms with Crippen molar-refractivity contribution in [3.8, 4) is 0 Å². The summed E-state index contributed by atoms with van der Waals surface area (Å²) in [6.45, 7) is 10.8. The van der Waals surface area contributed by atoms with Crippen molar-refractivity contribution in [1.82, 2.24) is 4.90 Å². The Labute approximate surface area is 114 Å². The zero-order chi connectivity index (χ0) is 13.4. The molecule has 0 amide bonds. The molecule has 1 aliphatic rings. The van der Waals surface area contributed by atoms with Gasteiger partial charge in [-0.3, -0.25) is 0 Å². The first kappa shape index (κ1) is 16.0. The molecule has 1 saturated heterocycles. The van der Waals surface area contributed by atoms with Crippen molar-refractivity contribution in [3.05, 3.63) is 0 Å². The highest BCUT2D eigenvalue weighted by molar-refractivity contribution is 4.71. The van der Waals surface area contributed by atoms with E-state index in [2.05, 4.69) is 25.7 Å². The minimum atomic E-state index is 0.376. The van der Waals surface area contributed by atoms with Gasteiger partial charge >= 0.3 is 0 Å². The molecule has 1 rings (SSSR count). The van der Waals surface area contributed by atoms with Gasteiger partial charge in [-0.1, -0.05) is 26.7 Å². The molecule has 0 radical (unpaired) electrons. The zero-order valence-electron chi connectivity index (χ0n) is 12.8. The number of hydrogen-bond acceptors (Lipinski definition) is 2. The second-order valence-electron chi connectivity index (χ2n) is 6.52. The Morgan fingerprint density at radius 3 is 2.61 bits per heavy atom. The summed E-state index contributed by atoms with van der Waals surface area (Å²) in [5.41, 5.74) is 5.80. The van der Waals surface area contributed by atoms with E-state index >= 15 is 0 Å². The maximum atomic E-state index is 5.80. The smallest absolute Gasteiger partial charge is 0.00104 e. The molecule has 0 aromatic carbocycles. The van der Waals surface area contributed by atoms with Crippen LogP contribution in [0.25, 0.3) is 0 Å². The van der Waals surface area contributed by atoms with E-state index < -0.39 is 0 Å². The SMILES string of the molecule is CCC1CCCN(CC(C)CCCC(C)N)CC1. The van der Waals surface area contributed by atoms with Crippen LogP contribution in [-0.2, 0) is 0 Å². The maximum Gasteiger partial charge on any atom is 0.00104 e. The molecule has 2 N–H and O–H groups in total. The molecule has 18 heavy (non-hydrogen) atoms. The molecule has 3 unspecified atom stereocenters. The third-order valence-electron chi connectivity index (χ3n) is 4.44. The lowest BCUT2D eigenvalue weighted by molar-refractivity contribution is 0.234. The monoisotopic (exact) mass is 254 g/mol. The van der Waals surface area contributed by atoms with Crippen LogP contribution in [0.2, 0.25) is 0 Å². The van der Waals surface area contributed by atoms with E-state index in [-0.39, 0.29) is 0 Å². The Bertz CT molecular complexity index is 203. The van der Waals surface area contributed by atoms with Crippen molar-refractivity contribution in [2.24, 2.45) is 17.6 Å². The number of rotatable bonds is 7. The topological polar surface area (TPSA) is 29.3 Å². The third-order valence-corrected chi connectivity index (χ3v) is 4.44. The number of hydrogen-bond donors (Lipinski definition) is 1. The lowest BCUT2D eigenvalue weighted by Gasteiger charge is -2.24. The molecule has 1 fully saturated rings. The first-order valence-electron chi connectivity index (χ1n) is 8.09. The van der Waals surface area contributed by atoms with Crippen molar-refractivity contribution in [2.45, 2.75) is 71.8 Å². The fraction of sp³-hybridized carbons (Fsp3) is 1.00. The Morgan fingerprint density at radius 1 is 1.17 bits per heavy atom. The lowest BCUT2D eigenvalue weighted by atomic mass is 9.98. The zero-order valence-corrected chi connectivity index (χ0v) is 12.8. The summed E-state index contributed by atoms with van der Waals surface area (Å²) >= 11 is 0. The van der Waals surface area contributed by atoms with Crippen LogP contribution in [0.15, 0.2) is 0 Å². The van der Waals surface area contributed by atoms with Gasteiger partial charge in [-0.25, -0.2) is 0 Å². The summed E-state index contributed by atoms with van der Waals surface area (Å²) < 4.78 is 0. The number of nitrogens with two attached hydrogens (primary N) is 1. The third kappa shape index (κ3) is 6.75. The minimum Gasteiger partial charge on any atom is -0.328 e. The Hall–Kier alpha value is -0.0800.